The molecule has 0 amide bonds. The van der Waals surface area contributed by atoms with Crippen molar-refractivity contribution in [3.05, 3.63) is 23.3 Å². The van der Waals surface area contributed by atoms with Crippen molar-refractivity contribution >= 4 is 17.9 Å². The largest absolute Gasteiger partial charge is 0.458 e. The number of esters is 3. The summed E-state index contributed by atoms with van der Waals surface area (Å²) in [5.74, 6) is -2.97. The van der Waals surface area contributed by atoms with Crippen molar-refractivity contribution in [2.75, 3.05) is 0 Å². The second-order valence-corrected chi connectivity index (χ2v) is 9.17. The average Bonchev–Trinajstić information content (AvgIpc) is 3.01. The molecular weight excluding hydrogens is 376 g/mol. The Balaban J connectivity index is 2.09. The maximum atomic E-state index is 12.8. The highest BCUT2D eigenvalue weighted by Crippen LogP contribution is 2.54. The molecule has 1 saturated carbocycles. The third-order valence-corrected chi connectivity index (χ3v) is 6.49. The van der Waals surface area contributed by atoms with Gasteiger partial charge >= 0.3 is 17.9 Å². The highest BCUT2D eigenvalue weighted by molar-refractivity contribution is 5.86. The third kappa shape index (κ3) is 3.72. The zero-order chi connectivity index (χ0) is 21.7. The predicted molar refractivity (Wildman–Crippen MR) is 103 cm³/mol. The summed E-state index contributed by atoms with van der Waals surface area (Å²) < 4.78 is 17.0. The zero-order valence-corrected chi connectivity index (χ0v) is 17.9. The summed E-state index contributed by atoms with van der Waals surface area (Å²) in [6, 6.07) is 0. The molecule has 1 aliphatic heterocycles. The minimum atomic E-state index is -1.60. The topological polar surface area (TPSA) is 99.1 Å². The van der Waals surface area contributed by atoms with E-state index in [1.165, 1.54) is 19.9 Å². The van der Waals surface area contributed by atoms with Crippen LogP contribution in [-0.2, 0) is 28.6 Å². The summed E-state index contributed by atoms with van der Waals surface area (Å²) >= 11 is 0. The van der Waals surface area contributed by atoms with Crippen molar-refractivity contribution in [3.8, 4) is 0 Å². The molecule has 0 bridgehead atoms. The summed E-state index contributed by atoms with van der Waals surface area (Å²) in [6.07, 6.45) is 2.66. The van der Waals surface area contributed by atoms with Crippen molar-refractivity contribution in [2.45, 2.75) is 77.8 Å². The predicted octanol–water partition coefficient (Wildman–Crippen LogP) is 2.46. The quantitative estimate of drug-likeness (QED) is 0.333. The van der Waals surface area contributed by atoms with Gasteiger partial charge in [0.25, 0.3) is 0 Å². The van der Waals surface area contributed by atoms with E-state index in [0.29, 0.717) is 6.42 Å². The molecule has 0 aromatic rings. The van der Waals surface area contributed by atoms with Crippen LogP contribution in [0.4, 0.5) is 0 Å². The number of hydrogen-bond acceptors (Lipinski definition) is 7. The fourth-order valence-electron chi connectivity index (χ4n) is 5.30. The maximum absolute atomic E-state index is 12.8. The Morgan fingerprint density at radius 3 is 2.52 bits per heavy atom. The number of carbonyl (C=O) groups is 3. The Morgan fingerprint density at radius 2 is 1.93 bits per heavy atom. The van der Waals surface area contributed by atoms with E-state index < -0.39 is 47.2 Å². The zero-order valence-electron chi connectivity index (χ0n) is 17.9. The number of aliphatic hydroxyl groups is 1. The van der Waals surface area contributed by atoms with Gasteiger partial charge in [0.05, 0.1) is 11.5 Å². The molecule has 0 unspecified atom stereocenters. The highest BCUT2D eigenvalue weighted by Gasteiger charge is 2.67. The lowest BCUT2D eigenvalue weighted by Crippen LogP contribution is -2.50. The van der Waals surface area contributed by atoms with Gasteiger partial charge in [-0.3, -0.25) is 4.79 Å². The molecule has 1 heterocycles. The summed E-state index contributed by atoms with van der Waals surface area (Å²) in [4.78, 5) is 37.1. The summed E-state index contributed by atoms with van der Waals surface area (Å²) in [5.41, 5.74) is -0.964. The highest BCUT2D eigenvalue weighted by atomic mass is 16.6. The first-order chi connectivity index (χ1) is 13.4. The van der Waals surface area contributed by atoms with E-state index in [0.717, 1.165) is 11.1 Å². The molecular formula is C22H30O7. The lowest BCUT2D eigenvalue weighted by Gasteiger charge is -2.35. The molecule has 0 radical (unpaired) electrons. The van der Waals surface area contributed by atoms with E-state index in [4.69, 9.17) is 14.2 Å². The molecule has 3 aliphatic rings. The molecule has 0 spiro atoms. The van der Waals surface area contributed by atoms with Gasteiger partial charge in [0.15, 0.2) is 0 Å². The van der Waals surface area contributed by atoms with Gasteiger partial charge in [-0.05, 0) is 41.0 Å². The fraction of sp³-hybridized carbons (Fsp3) is 0.682. The van der Waals surface area contributed by atoms with Gasteiger partial charge in [0.2, 0.25) is 5.60 Å². The first-order valence-corrected chi connectivity index (χ1v) is 10.0. The van der Waals surface area contributed by atoms with E-state index >= 15 is 0 Å². The molecule has 7 nitrogen and oxygen atoms in total. The minimum Gasteiger partial charge on any atom is -0.458 e. The standard InChI is InChI=1S/C22H30O7/c1-11(2)9-16(24)27-15-10-21(5,26)14-8-7-12(3)17(14)19-18(15)22(6,20(25)28-19)29-13(4)23/h7,9,14-15,17-19,26H,8,10H2,1-6H3/t14-,15-,17+,18+,19-,21-,22-/m0/s1. The molecule has 160 valence electrons. The van der Waals surface area contributed by atoms with Crippen molar-refractivity contribution in [1.82, 2.24) is 0 Å². The van der Waals surface area contributed by atoms with E-state index in [9.17, 15) is 19.5 Å². The third-order valence-electron chi connectivity index (χ3n) is 6.49. The second kappa shape index (κ2) is 7.27. The van der Waals surface area contributed by atoms with Gasteiger partial charge in [-0.15, -0.1) is 0 Å². The average molecular weight is 406 g/mol. The Hall–Kier alpha value is -2.15. The summed E-state index contributed by atoms with van der Waals surface area (Å²) in [7, 11) is 0. The number of allylic oxidation sites excluding steroid dienone is 2. The molecule has 1 saturated heterocycles. The van der Waals surface area contributed by atoms with E-state index in [-0.39, 0.29) is 18.3 Å². The van der Waals surface area contributed by atoms with Gasteiger partial charge in [-0.25, -0.2) is 9.59 Å². The van der Waals surface area contributed by atoms with Crippen LogP contribution in [0.15, 0.2) is 23.3 Å². The minimum absolute atomic E-state index is 0.117. The Labute approximate surface area is 171 Å². The van der Waals surface area contributed by atoms with Gasteiger partial charge < -0.3 is 19.3 Å². The van der Waals surface area contributed by atoms with Crippen LogP contribution in [0, 0.1) is 17.8 Å². The Kier molecular flexibility index (Phi) is 5.41. The number of carbonyl (C=O) groups excluding carboxylic acids is 3. The summed E-state index contributed by atoms with van der Waals surface area (Å²) in [5, 5.41) is 11.3. The smallest absolute Gasteiger partial charge is 0.351 e. The van der Waals surface area contributed by atoms with Crippen LogP contribution in [0.1, 0.15) is 54.4 Å². The lowest BCUT2D eigenvalue weighted by molar-refractivity contribution is -0.178. The number of hydrogen-bond donors (Lipinski definition) is 1. The van der Waals surface area contributed by atoms with Crippen LogP contribution in [0.3, 0.4) is 0 Å². The first kappa shape index (κ1) is 21.6. The van der Waals surface area contributed by atoms with Crippen molar-refractivity contribution < 1.29 is 33.7 Å². The molecule has 3 rings (SSSR count). The molecule has 7 heteroatoms. The van der Waals surface area contributed by atoms with Crippen LogP contribution >= 0.6 is 0 Å². The molecule has 29 heavy (non-hydrogen) atoms. The maximum Gasteiger partial charge on any atom is 0.351 e. The molecule has 2 aliphatic carbocycles. The van der Waals surface area contributed by atoms with Gasteiger partial charge in [0.1, 0.15) is 12.2 Å². The molecule has 0 aromatic heterocycles. The molecule has 0 aromatic carbocycles. The van der Waals surface area contributed by atoms with Crippen molar-refractivity contribution in [1.29, 1.82) is 0 Å². The summed E-state index contributed by atoms with van der Waals surface area (Å²) in [6.45, 7) is 9.96. The van der Waals surface area contributed by atoms with Gasteiger partial charge in [0, 0.05) is 31.3 Å². The number of rotatable bonds is 3. The Morgan fingerprint density at radius 1 is 1.28 bits per heavy atom. The fourth-order valence-corrected chi connectivity index (χ4v) is 5.30. The monoisotopic (exact) mass is 406 g/mol. The lowest BCUT2D eigenvalue weighted by atomic mass is 9.75. The van der Waals surface area contributed by atoms with Crippen LogP contribution < -0.4 is 0 Å². The second-order valence-electron chi connectivity index (χ2n) is 9.17. The SMILES string of the molecule is CC(=O)O[C@]1(C)C(=O)O[C@H]2[C@@H]3C(C)=CC[C@@H]3[C@@](C)(O)C[C@H](OC(=O)C=C(C)C)[C@H]21. The van der Waals surface area contributed by atoms with E-state index in [2.05, 4.69) is 0 Å². The van der Waals surface area contributed by atoms with Gasteiger partial charge in [-0.1, -0.05) is 17.2 Å². The number of fused-ring (bicyclic) bond motifs is 3. The van der Waals surface area contributed by atoms with Crippen LogP contribution in [0.2, 0.25) is 0 Å². The Bertz CT molecular complexity index is 789. The van der Waals surface area contributed by atoms with Crippen LogP contribution in [-0.4, -0.2) is 46.4 Å². The van der Waals surface area contributed by atoms with Crippen molar-refractivity contribution in [3.63, 3.8) is 0 Å². The first-order valence-electron chi connectivity index (χ1n) is 10.0. The van der Waals surface area contributed by atoms with E-state index in [1.807, 2.05) is 13.0 Å². The normalized spacial score (nSPS) is 40.7. The molecule has 2 fully saturated rings. The molecule has 7 atom stereocenters. The number of ether oxygens (including phenoxy) is 3. The molecule has 1 N–H and O–H groups in total. The van der Waals surface area contributed by atoms with Crippen molar-refractivity contribution in [2.24, 2.45) is 17.8 Å². The van der Waals surface area contributed by atoms with Gasteiger partial charge in [-0.2, -0.15) is 0 Å². The van der Waals surface area contributed by atoms with Crippen LogP contribution in [0.25, 0.3) is 0 Å². The van der Waals surface area contributed by atoms with E-state index in [1.54, 1.807) is 20.8 Å². The van der Waals surface area contributed by atoms with Crippen LogP contribution in [0.5, 0.6) is 0 Å².